The van der Waals surface area contributed by atoms with Crippen LogP contribution in [-0.4, -0.2) is 40.0 Å². The van der Waals surface area contributed by atoms with Crippen LogP contribution in [0.3, 0.4) is 0 Å². The van der Waals surface area contributed by atoms with Crippen LogP contribution >= 0.6 is 0 Å². The van der Waals surface area contributed by atoms with E-state index in [-0.39, 0.29) is 18.4 Å². The number of sulfonamides is 1. The minimum atomic E-state index is -3.60. The number of nitrogens with one attached hydrogen (secondary N) is 1. The molecule has 146 valence electrons. The topological polar surface area (TPSA) is 84.9 Å². The maximum absolute atomic E-state index is 12.4. The summed E-state index contributed by atoms with van der Waals surface area (Å²) in [5.74, 6) is 0.806. The first kappa shape index (κ1) is 20.6. The van der Waals surface area contributed by atoms with Crippen LogP contribution in [0, 0.1) is 0 Å². The number of benzene rings is 2. The number of nitrogens with zero attached hydrogens (tertiary/aromatic N) is 1. The van der Waals surface area contributed by atoms with Crippen LogP contribution < -0.4 is 19.1 Å². The van der Waals surface area contributed by atoms with Crippen molar-refractivity contribution >= 4 is 21.8 Å². The van der Waals surface area contributed by atoms with Crippen LogP contribution in [0.5, 0.6) is 11.5 Å². The molecule has 2 aromatic rings. The molecule has 0 aliphatic carbocycles. The van der Waals surface area contributed by atoms with Crippen LogP contribution in [0.4, 0.5) is 10.5 Å². The van der Waals surface area contributed by atoms with Gasteiger partial charge in [0.25, 0.3) is 0 Å². The SMILES string of the molecule is CC(C)Oc1ccc(N(C)S(=O)(=O)CCNC(=O)Oc2ccccc2)cc1. The Labute approximate surface area is 160 Å². The van der Waals surface area contributed by atoms with Gasteiger partial charge in [-0.05, 0) is 50.2 Å². The number of rotatable bonds is 8. The molecule has 0 aliphatic heterocycles. The number of ether oxygens (including phenoxy) is 2. The zero-order valence-corrected chi connectivity index (χ0v) is 16.4. The van der Waals surface area contributed by atoms with Crippen LogP contribution in [0.2, 0.25) is 0 Å². The van der Waals surface area contributed by atoms with Gasteiger partial charge in [0.1, 0.15) is 11.5 Å². The fourth-order valence-electron chi connectivity index (χ4n) is 2.22. The number of hydrogen-bond donors (Lipinski definition) is 1. The molecule has 0 radical (unpaired) electrons. The number of carbonyl (C=O) groups excluding carboxylic acids is 1. The van der Waals surface area contributed by atoms with Crippen molar-refractivity contribution in [3.63, 3.8) is 0 Å². The molecule has 0 saturated heterocycles. The number of hydrogen-bond acceptors (Lipinski definition) is 5. The van der Waals surface area contributed by atoms with E-state index in [1.54, 1.807) is 54.6 Å². The van der Waals surface area contributed by atoms with Crippen molar-refractivity contribution in [2.75, 3.05) is 23.7 Å². The molecule has 0 aromatic heterocycles. The Morgan fingerprint density at radius 3 is 2.26 bits per heavy atom. The third-order valence-corrected chi connectivity index (χ3v) is 5.34. The summed E-state index contributed by atoms with van der Waals surface area (Å²) in [5.41, 5.74) is 0.512. The van der Waals surface area contributed by atoms with Gasteiger partial charge in [-0.25, -0.2) is 13.2 Å². The van der Waals surface area contributed by atoms with E-state index in [2.05, 4.69) is 5.32 Å². The maximum Gasteiger partial charge on any atom is 0.412 e. The standard InChI is InChI=1S/C19H24N2O5S/c1-15(2)25-18-11-9-16(10-12-18)21(3)27(23,24)14-13-20-19(22)26-17-7-5-4-6-8-17/h4-12,15H,13-14H2,1-3H3,(H,20,22). The number of amides is 1. The van der Waals surface area contributed by atoms with Crippen molar-refractivity contribution in [2.24, 2.45) is 0 Å². The predicted octanol–water partition coefficient (Wildman–Crippen LogP) is 3.03. The minimum Gasteiger partial charge on any atom is -0.491 e. The zero-order chi connectivity index (χ0) is 19.9. The average molecular weight is 392 g/mol. The van der Waals surface area contributed by atoms with Crippen LogP contribution in [0.25, 0.3) is 0 Å². The molecule has 2 rings (SSSR count). The largest absolute Gasteiger partial charge is 0.491 e. The summed E-state index contributed by atoms with van der Waals surface area (Å²) in [5, 5.41) is 2.44. The van der Waals surface area contributed by atoms with Crippen LogP contribution in [0.1, 0.15) is 13.8 Å². The van der Waals surface area contributed by atoms with E-state index in [9.17, 15) is 13.2 Å². The average Bonchev–Trinajstić information content (AvgIpc) is 2.62. The quantitative estimate of drug-likeness (QED) is 0.746. The van der Waals surface area contributed by atoms with Crippen molar-refractivity contribution in [1.82, 2.24) is 5.32 Å². The Hall–Kier alpha value is -2.74. The van der Waals surface area contributed by atoms with E-state index in [4.69, 9.17) is 9.47 Å². The highest BCUT2D eigenvalue weighted by Gasteiger charge is 2.19. The first-order chi connectivity index (χ1) is 12.8. The number of anilines is 1. The normalized spacial score (nSPS) is 11.1. The van der Waals surface area contributed by atoms with Gasteiger partial charge in [-0.1, -0.05) is 18.2 Å². The molecule has 0 saturated carbocycles. The molecule has 0 heterocycles. The van der Waals surface area contributed by atoms with Gasteiger partial charge in [-0.3, -0.25) is 4.31 Å². The molecule has 27 heavy (non-hydrogen) atoms. The van der Waals surface area contributed by atoms with Crippen LogP contribution in [-0.2, 0) is 10.0 Å². The first-order valence-electron chi connectivity index (χ1n) is 8.52. The molecule has 0 unspecified atom stereocenters. The predicted molar refractivity (Wildman–Crippen MR) is 105 cm³/mol. The molecule has 2 aromatic carbocycles. The second-order valence-corrected chi connectivity index (χ2v) is 8.19. The Bertz CT molecular complexity index is 836. The van der Waals surface area contributed by atoms with E-state index in [0.29, 0.717) is 17.2 Å². The molecule has 8 heteroatoms. The minimum absolute atomic E-state index is 0.0408. The van der Waals surface area contributed by atoms with Gasteiger partial charge in [0.2, 0.25) is 10.0 Å². The Morgan fingerprint density at radius 1 is 1.04 bits per heavy atom. The van der Waals surface area contributed by atoms with Gasteiger partial charge in [-0.15, -0.1) is 0 Å². The molecule has 0 spiro atoms. The van der Waals surface area contributed by atoms with Gasteiger partial charge in [0.05, 0.1) is 17.5 Å². The molecule has 7 nitrogen and oxygen atoms in total. The highest BCUT2D eigenvalue weighted by Crippen LogP contribution is 2.21. The Morgan fingerprint density at radius 2 is 1.67 bits per heavy atom. The van der Waals surface area contributed by atoms with Crippen molar-refractivity contribution in [1.29, 1.82) is 0 Å². The lowest BCUT2D eigenvalue weighted by molar-refractivity contribution is 0.201. The van der Waals surface area contributed by atoms with Gasteiger partial charge in [0.15, 0.2) is 0 Å². The number of carbonyl (C=O) groups is 1. The Balaban J connectivity index is 1.86. The van der Waals surface area contributed by atoms with Crippen molar-refractivity contribution in [3.05, 3.63) is 54.6 Å². The first-order valence-corrected chi connectivity index (χ1v) is 10.1. The summed E-state index contributed by atoms with van der Waals surface area (Å²) in [7, 11) is -2.13. The van der Waals surface area contributed by atoms with E-state index in [1.807, 2.05) is 13.8 Å². The van der Waals surface area contributed by atoms with Gasteiger partial charge in [-0.2, -0.15) is 0 Å². The zero-order valence-electron chi connectivity index (χ0n) is 15.6. The van der Waals surface area contributed by atoms with E-state index >= 15 is 0 Å². The Kier molecular flexibility index (Phi) is 7.06. The number of para-hydroxylation sites is 1. The van der Waals surface area contributed by atoms with Crippen molar-refractivity contribution in [2.45, 2.75) is 20.0 Å². The smallest absolute Gasteiger partial charge is 0.412 e. The highest BCUT2D eigenvalue weighted by molar-refractivity contribution is 7.92. The fourth-order valence-corrected chi connectivity index (χ4v) is 3.29. The lowest BCUT2D eigenvalue weighted by Crippen LogP contribution is -2.36. The lowest BCUT2D eigenvalue weighted by Gasteiger charge is -2.20. The van der Waals surface area contributed by atoms with Crippen molar-refractivity contribution in [3.8, 4) is 11.5 Å². The maximum atomic E-state index is 12.4. The van der Waals surface area contributed by atoms with E-state index in [1.165, 1.54) is 11.4 Å². The summed E-state index contributed by atoms with van der Waals surface area (Å²) >= 11 is 0. The summed E-state index contributed by atoms with van der Waals surface area (Å²) in [6.45, 7) is 3.77. The van der Waals surface area contributed by atoms with Crippen molar-refractivity contribution < 1.29 is 22.7 Å². The molecule has 0 bridgehead atoms. The third kappa shape index (κ3) is 6.49. The van der Waals surface area contributed by atoms with Crippen LogP contribution in [0.15, 0.2) is 54.6 Å². The second kappa shape index (κ2) is 9.27. The highest BCUT2D eigenvalue weighted by atomic mass is 32.2. The molecular weight excluding hydrogens is 368 g/mol. The molecular formula is C19H24N2O5S. The van der Waals surface area contributed by atoms with E-state index in [0.717, 1.165) is 0 Å². The summed E-state index contributed by atoms with van der Waals surface area (Å²) in [6, 6.07) is 15.3. The third-order valence-electron chi connectivity index (χ3n) is 3.57. The summed E-state index contributed by atoms with van der Waals surface area (Å²) < 4.78 is 36.6. The molecule has 1 N–H and O–H groups in total. The monoisotopic (exact) mass is 392 g/mol. The van der Waals surface area contributed by atoms with Gasteiger partial charge >= 0.3 is 6.09 Å². The second-order valence-electron chi connectivity index (χ2n) is 6.07. The molecule has 0 atom stereocenters. The molecule has 0 fully saturated rings. The summed E-state index contributed by atoms with van der Waals surface area (Å²) in [4.78, 5) is 11.7. The molecule has 1 amide bonds. The summed E-state index contributed by atoms with van der Waals surface area (Å²) in [6.07, 6.45) is -0.659. The fraction of sp³-hybridized carbons (Fsp3) is 0.316. The lowest BCUT2D eigenvalue weighted by atomic mass is 10.3. The van der Waals surface area contributed by atoms with Gasteiger partial charge < -0.3 is 14.8 Å². The van der Waals surface area contributed by atoms with Gasteiger partial charge in [0, 0.05) is 13.6 Å². The van der Waals surface area contributed by atoms with E-state index < -0.39 is 16.1 Å². The molecule has 0 aliphatic rings.